The number of benzene rings is 1. The highest BCUT2D eigenvalue weighted by Gasteiger charge is 1.95. The van der Waals surface area contributed by atoms with Gasteiger partial charge < -0.3 is 4.42 Å². The standard InChI is InChI=1S/C7H5NO2.C5H5N/c9-7-8-5-3-1-2-4-6(5)10-7;1-2-4-6-5-3-1/h1-4H,(H,8,9);1-5H. The van der Waals surface area contributed by atoms with Gasteiger partial charge in [-0.2, -0.15) is 0 Å². The van der Waals surface area contributed by atoms with Crippen LogP contribution in [-0.4, -0.2) is 9.97 Å². The zero-order valence-corrected chi connectivity index (χ0v) is 8.46. The minimum atomic E-state index is -0.402. The van der Waals surface area contributed by atoms with E-state index in [1.54, 1.807) is 24.5 Å². The summed E-state index contributed by atoms with van der Waals surface area (Å²) in [5.41, 5.74) is 1.35. The maximum atomic E-state index is 10.6. The molecule has 0 aliphatic heterocycles. The van der Waals surface area contributed by atoms with E-state index in [4.69, 9.17) is 4.42 Å². The third kappa shape index (κ3) is 2.57. The molecule has 2 aromatic heterocycles. The number of H-pyrrole nitrogens is 1. The van der Waals surface area contributed by atoms with E-state index in [0.29, 0.717) is 5.58 Å². The molecule has 0 spiro atoms. The van der Waals surface area contributed by atoms with Gasteiger partial charge >= 0.3 is 5.76 Å². The molecule has 3 aromatic rings. The van der Waals surface area contributed by atoms with Gasteiger partial charge in [0.25, 0.3) is 0 Å². The summed E-state index contributed by atoms with van der Waals surface area (Å²) in [5.74, 6) is -0.402. The number of para-hydroxylation sites is 2. The number of pyridine rings is 1. The number of nitrogens with zero attached hydrogens (tertiary/aromatic N) is 1. The summed E-state index contributed by atoms with van der Waals surface area (Å²) in [6.07, 6.45) is 3.50. The first-order valence-corrected chi connectivity index (χ1v) is 4.79. The van der Waals surface area contributed by atoms with Crippen LogP contribution in [0, 0.1) is 0 Å². The number of fused-ring (bicyclic) bond motifs is 1. The topological polar surface area (TPSA) is 58.9 Å². The number of hydrogen-bond acceptors (Lipinski definition) is 3. The minimum Gasteiger partial charge on any atom is -0.408 e. The molecule has 0 saturated carbocycles. The number of aromatic amines is 1. The summed E-state index contributed by atoms with van der Waals surface area (Å²) in [6, 6.07) is 12.9. The van der Waals surface area contributed by atoms with Crippen molar-refractivity contribution in [1.82, 2.24) is 9.97 Å². The maximum Gasteiger partial charge on any atom is 0.417 e. The lowest BCUT2D eigenvalue weighted by molar-refractivity contribution is 0.555. The molecule has 0 bridgehead atoms. The Kier molecular flexibility index (Phi) is 3.13. The fourth-order valence-electron chi connectivity index (χ4n) is 1.21. The molecule has 2 heterocycles. The van der Waals surface area contributed by atoms with Crippen LogP contribution >= 0.6 is 0 Å². The largest absolute Gasteiger partial charge is 0.417 e. The SMILES string of the molecule is O=c1[nH]c2ccccc2o1.c1ccncc1. The summed E-state index contributed by atoms with van der Waals surface area (Å²) in [6.45, 7) is 0. The van der Waals surface area contributed by atoms with Crippen LogP contribution in [0.1, 0.15) is 0 Å². The van der Waals surface area contributed by atoms with Gasteiger partial charge in [-0.05, 0) is 24.3 Å². The van der Waals surface area contributed by atoms with Gasteiger partial charge in [0.15, 0.2) is 5.58 Å². The predicted molar refractivity (Wildman–Crippen MR) is 61.1 cm³/mol. The molecule has 0 aliphatic carbocycles. The molecule has 0 aliphatic rings. The van der Waals surface area contributed by atoms with Crippen molar-refractivity contribution in [3.05, 3.63) is 65.4 Å². The monoisotopic (exact) mass is 214 g/mol. The molecule has 1 aromatic carbocycles. The second-order valence-electron chi connectivity index (χ2n) is 3.04. The van der Waals surface area contributed by atoms with Crippen LogP contribution in [0.3, 0.4) is 0 Å². The van der Waals surface area contributed by atoms with Crippen LogP contribution in [0.4, 0.5) is 0 Å². The molecule has 1 N–H and O–H groups in total. The van der Waals surface area contributed by atoms with Crippen molar-refractivity contribution in [3.63, 3.8) is 0 Å². The van der Waals surface area contributed by atoms with Crippen molar-refractivity contribution in [1.29, 1.82) is 0 Å². The van der Waals surface area contributed by atoms with Crippen molar-refractivity contribution in [2.45, 2.75) is 0 Å². The second kappa shape index (κ2) is 4.93. The van der Waals surface area contributed by atoms with E-state index < -0.39 is 5.76 Å². The lowest BCUT2D eigenvalue weighted by atomic mass is 10.3. The Bertz CT molecular complexity index is 536. The van der Waals surface area contributed by atoms with Crippen molar-refractivity contribution in [2.75, 3.05) is 0 Å². The number of hydrogen-bond donors (Lipinski definition) is 1. The molecule has 80 valence electrons. The normalized spacial score (nSPS) is 9.50. The summed E-state index contributed by atoms with van der Waals surface area (Å²) in [5, 5.41) is 0. The Balaban J connectivity index is 0.000000138. The van der Waals surface area contributed by atoms with Gasteiger partial charge in [0.1, 0.15) is 0 Å². The Hall–Kier alpha value is -2.36. The third-order valence-electron chi connectivity index (χ3n) is 1.89. The van der Waals surface area contributed by atoms with E-state index in [2.05, 4.69) is 9.97 Å². The fourth-order valence-corrected chi connectivity index (χ4v) is 1.21. The van der Waals surface area contributed by atoms with Gasteiger partial charge in [-0.15, -0.1) is 0 Å². The summed E-state index contributed by atoms with van der Waals surface area (Å²) in [4.78, 5) is 16.9. The second-order valence-corrected chi connectivity index (χ2v) is 3.04. The maximum absolute atomic E-state index is 10.6. The molecular weight excluding hydrogens is 204 g/mol. The van der Waals surface area contributed by atoms with Gasteiger partial charge in [0.05, 0.1) is 5.52 Å². The molecule has 0 saturated heterocycles. The van der Waals surface area contributed by atoms with E-state index in [1.807, 2.05) is 30.3 Å². The average molecular weight is 214 g/mol. The van der Waals surface area contributed by atoms with E-state index in [9.17, 15) is 4.79 Å². The molecule has 4 heteroatoms. The summed E-state index contributed by atoms with van der Waals surface area (Å²) < 4.78 is 4.76. The molecular formula is C12H10N2O2. The quantitative estimate of drug-likeness (QED) is 0.624. The van der Waals surface area contributed by atoms with Crippen LogP contribution in [-0.2, 0) is 0 Å². The molecule has 0 amide bonds. The average Bonchev–Trinajstić information content (AvgIpc) is 2.72. The van der Waals surface area contributed by atoms with Crippen molar-refractivity contribution in [2.24, 2.45) is 0 Å². The van der Waals surface area contributed by atoms with Gasteiger partial charge in [-0.25, -0.2) is 4.79 Å². The van der Waals surface area contributed by atoms with Gasteiger partial charge in [-0.1, -0.05) is 18.2 Å². The fraction of sp³-hybridized carbons (Fsp3) is 0. The Morgan fingerprint density at radius 1 is 1.00 bits per heavy atom. The third-order valence-corrected chi connectivity index (χ3v) is 1.89. The number of nitrogens with one attached hydrogen (secondary N) is 1. The van der Waals surface area contributed by atoms with Crippen LogP contribution in [0.2, 0.25) is 0 Å². The van der Waals surface area contributed by atoms with Gasteiger partial charge in [0.2, 0.25) is 0 Å². The first kappa shape index (κ1) is 10.2. The van der Waals surface area contributed by atoms with Crippen LogP contribution in [0.25, 0.3) is 11.1 Å². The molecule has 3 rings (SSSR count). The highest BCUT2D eigenvalue weighted by Crippen LogP contribution is 2.06. The Morgan fingerprint density at radius 3 is 2.31 bits per heavy atom. The predicted octanol–water partition coefficient (Wildman–Crippen LogP) is 2.20. The summed E-state index contributed by atoms with van der Waals surface area (Å²) >= 11 is 0. The lowest BCUT2D eigenvalue weighted by Crippen LogP contribution is -1.92. The first-order valence-electron chi connectivity index (χ1n) is 4.79. The zero-order chi connectivity index (χ0) is 11.2. The van der Waals surface area contributed by atoms with Crippen LogP contribution < -0.4 is 5.76 Å². The van der Waals surface area contributed by atoms with Crippen molar-refractivity contribution < 1.29 is 4.42 Å². The molecule has 4 nitrogen and oxygen atoms in total. The molecule has 0 atom stereocenters. The highest BCUT2D eigenvalue weighted by atomic mass is 16.4. The molecule has 0 unspecified atom stereocenters. The van der Waals surface area contributed by atoms with Crippen molar-refractivity contribution >= 4 is 11.1 Å². The first-order chi connectivity index (χ1) is 7.86. The summed E-state index contributed by atoms with van der Waals surface area (Å²) in [7, 11) is 0. The van der Waals surface area contributed by atoms with E-state index >= 15 is 0 Å². The van der Waals surface area contributed by atoms with E-state index in [0.717, 1.165) is 5.52 Å². The van der Waals surface area contributed by atoms with Crippen molar-refractivity contribution in [3.8, 4) is 0 Å². The zero-order valence-electron chi connectivity index (χ0n) is 8.46. The highest BCUT2D eigenvalue weighted by molar-refractivity contribution is 5.71. The van der Waals surface area contributed by atoms with Crippen LogP contribution in [0.5, 0.6) is 0 Å². The number of rotatable bonds is 0. The minimum absolute atomic E-state index is 0.402. The van der Waals surface area contributed by atoms with Crippen LogP contribution in [0.15, 0.2) is 64.1 Å². The van der Waals surface area contributed by atoms with Gasteiger partial charge in [0, 0.05) is 12.4 Å². The Morgan fingerprint density at radius 2 is 1.75 bits per heavy atom. The molecule has 0 fully saturated rings. The van der Waals surface area contributed by atoms with Gasteiger partial charge in [-0.3, -0.25) is 9.97 Å². The molecule has 16 heavy (non-hydrogen) atoms. The number of aromatic nitrogens is 2. The Labute approximate surface area is 91.6 Å². The molecule has 0 radical (unpaired) electrons. The van der Waals surface area contributed by atoms with E-state index in [-0.39, 0.29) is 0 Å². The number of oxazole rings is 1. The smallest absolute Gasteiger partial charge is 0.408 e. The van der Waals surface area contributed by atoms with E-state index in [1.165, 1.54) is 0 Å². The lowest BCUT2D eigenvalue weighted by Gasteiger charge is -1.79.